The fraction of sp³-hybridized carbons (Fsp3) is 0.400. The molecule has 0 saturated carbocycles. The third-order valence-electron chi connectivity index (χ3n) is 2.24. The van der Waals surface area contributed by atoms with Gasteiger partial charge in [0.1, 0.15) is 0 Å². The topological polar surface area (TPSA) is 69.6 Å². The molecule has 0 fully saturated rings. The van der Waals surface area contributed by atoms with Crippen molar-refractivity contribution in [2.45, 2.75) is 13.8 Å². The predicted octanol–water partition coefficient (Wildman–Crippen LogP) is 1.10. The minimum atomic E-state index is -4.19. The molecule has 92 valence electrons. The predicted molar refractivity (Wildman–Crippen MR) is 72.3 cm³/mol. The summed E-state index contributed by atoms with van der Waals surface area (Å²) >= 11 is 0. The third kappa shape index (κ3) is 5.74. The second-order valence-electron chi connectivity index (χ2n) is 3.30. The van der Waals surface area contributed by atoms with Crippen LogP contribution in [0.1, 0.15) is 13.8 Å². The van der Waals surface area contributed by atoms with E-state index in [1.165, 1.54) is 0 Å². The monoisotopic (exact) mass is 268 g/mol. The maximum absolute atomic E-state index is 10.6. The molecule has 0 atom stereocenters. The van der Waals surface area contributed by atoms with Gasteiger partial charge in [-0.2, -0.15) is 8.42 Å². The Bertz CT molecular complexity index is 429. The van der Waals surface area contributed by atoms with Crippen LogP contribution in [0.4, 0.5) is 11.4 Å². The fourth-order valence-electron chi connectivity index (χ4n) is 1.48. The van der Waals surface area contributed by atoms with Crippen molar-refractivity contribution in [1.82, 2.24) is 0 Å². The van der Waals surface area contributed by atoms with Crippen LogP contribution in [0.3, 0.4) is 0 Å². The Balaban J connectivity index is 0.00000256. The number of benzene rings is 1. The van der Waals surface area contributed by atoms with E-state index in [0.717, 1.165) is 18.8 Å². The quantitative estimate of drug-likeness (QED) is 0.620. The molecule has 7 heteroatoms. The normalized spacial score (nSPS) is 10.5. The van der Waals surface area contributed by atoms with Crippen LogP contribution in [0, 0.1) is 0 Å². The minimum absolute atomic E-state index is 0. The number of rotatable bonds is 5. The summed E-state index contributed by atoms with van der Waals surface area (Å²) in [5.74, 6) is 0. The molecule has 0 aliphatic rings. The van der Waals surface area contributed by atoms with E-state index in [2.05, 4.69) is 4.90 Å². The van der Waals surface area contributed by atoms with Crippen LogP contribution >= 0.6 is 0 Å². The summed E-state index contributed by atoms with van der Waals surface area (Å²) in [5.41, 5.74) is 1.37. The first-order chi connectivity index (χ1) is 7.46. The summed E-state index contributed by atoms with van der Waals surface area (Å²) in [4.78, 5) is 2.14. The Morgan fingerprint density at radius 2 is 1.65 bits per heavy atom. The van der Waals surface area contributed by atoms with Gasteiger partial charge in [-0.15, -0.1) is 0 Å². The van der Waals surface area contributed by atoms with Gasteiger partial charge in [0.25, 0.3) is 0 Å². The molecule has 0 bridgehead atoms. The van der Waals surface area contributed by atoms with Crippen molar-refractivity contribution in [3.05, 3.63) is 24.3 Å². The van der Waals surface area contributed by atoms with Crippen LogP contribution in [0.15, 0.2) is 24.3 Å². The van der Waals surface area contributed by atoms with E-state index in [4.69, 9.17) is 4.55 Å². The molecule has 0 heterocycles. The zero-order chi connectivity index (χ0) is 12.2. The fourth-order valence-corrected chi connectivity index (χ4v) is 1.91. The first-order valence-corrected chi connectivity index (χ1v) is 6.50. The molecular weight excluding hydrogens is 251 g/mol. The number of hydrogen-bond donors (Lipinski definition) is 2. The average molecular weight is 268 g/mol. The number of nitrogens with one attached hydrogen (secondary N) is 1. The van der Waals surface area contributed by atoms with E-state index in [-0.39, 0.29) is 29.6 Å². The summed E-state index contributed by atoms with van der Waals surface area (Å²) < 4.78 is 31.7. The van der Waals surface area contributed by atoms with Gasteiger partial charge in [-0.3, -0.25) is 9.27 Å². The van der Waals surface area contributed by atoms with Crippen molar-refractivity contribution >= 4 is 51.2 Å². The van der Waals surface area contributed by atoms with Crippen LogP contribution in [0.25, 0.3) is 0 Å². The molecule has 0 aromatic heterocycles. The van der Waals surface area contributed by atoms with Gasteiger partial charge in [0.05, 0.1) is 5.69 Å². The van der Waals surface area contributed by atoms with E-state index < -0.39 is 10.3 Å². The molecule has 0 amide bonds. The molecule has 0 aliphatic carbocycles. The summed E-state index contributed by atoms with van der Waals surface area (Å²) in [6.45, 7) is 5.88. The van der Waals surface area contributed by atoms with Crippen molar-refractivity contribution in [1.29, 1.82) is 0 Å². The van der Waals surface area contributed by atoms with Crippen molar-refractivity contribution in [3.8, 4) is 0 Å². The van der Waals surface area contributed by atoms with Gasteiger partial charge in [0, 0.05) is 18.8 Å². The molecule has 2 N–H and O–H groups in total. The van der Waals surface area contributed by atoms with Crippen LogP contribution in [0.5, 0.6) is 0 Å². The second-order valence-corrected chi connectivity index (χ2v) is 4.45. The van der Waals surface area contributed by atoms with Gasteiger partial charge in [-0.25, -0.2) is 0 Å². The van der Waals surface area contributed by atoms with Crippen molar-refractivity contribution in [2.24, 2.45) is 0 Å². The van der Waals surface area contributed by atoms with E-state index in [1.54, 1.807) is 24.3 Å². The maximum atomic E-state index is 10.6. The molecule has 1 aromatic carbocycles. The number of anilines is 2. The summed E-state index contributed by atoms with van der Waals surface area (Å²) in [7, 11) is -4.19. The second kappa shape index (κ2) is 7.23. The van der Waals surface area contributed by atoms with Gasteiger partial charge in [-0.1, -0.05) is 0 Å². The Labute approximate surface area is 124 Å². The molecule has 0 unspecified atom stereocenters. The van der Waals surface area contributed by atoms with E-state index in [1.807, 2.05) is 18.6 Å². The van der Waals surface area contributed by atoms with Crippen LogP contribution < -0.4 is 9.62 Å². The molecule has 0 radical (unpaired) electrons. The zero-order valence-electron chi connectivity index (χ0n) is 9.34. The Morgan fingerprint density at radius 1 is 1.18 bits per heavy atom. The van der Waals surface area contributed by atoms with Gasteiger partial charge in [-0.05, 0) is 38.1 Å². The molecule has 0 saturated heterocycles. The Morgan fingerprint density at radius 3 is 2.00 bits per heavy atom. The first-order valence-electron chi connectivity index (χ1n) is 5.06. The van der Waals surface area contributed by atoms with Gasteiger partial charge >= 0.3 is 39.9 Å². The van der Waals surface area contributed by atoms with Gasteiger partial charge < -0.3 is 4.90 Å². The molecule has 0 aliphatic heterocycles. The van der Waals surface area contributed by atoms with Gasteiger partial charge in [0.15, 0.2) is 0 Å². The summed E-state index contributed by atoms with van der Waals surface area (Å²) in [6.07, 6.45) is 0. The molecule has 1 aromatic rings. The first kappa shape index (κ1) is 16.7. The molecular formula is C10H17N2NaO3S. The van der Waals surface area contributed by atoms with Crippen LogP contribution in [-0.4, -0.2) is 55.6 Å². The number of hydrogen-bond acceptors (Lipinski definition) is 3. The zero-order valence-corrected chi connectivity index (χ0v) is 10.2. The summed E-state index contributed by atoms with van der Waals surface area (Å²) in [5, 5.41) is 0. The Kier molecular flexibility index (Phi) is 7.11. The number of nitrogens with zero attached hydrogens (tertiary/aromatic N) is 1. The third-order valence-corrected chi connectivity index (χ3v) is 2.74. The SMILES string of the molecule is CCN(CC)c1ccc(NS(=O)(=O)O)cc1.[NaH]. The average Bonchev–Trinajstić information content (AvgIpc) is 2.20. The Hall–Kier alpha value is -0.270. The van der Waals surface area contributed by atoms with Crippen molar-refractivity contribution in [3.63, 3.8) is 0 Å². The summed E-state index contributed by atoms with van der Waals surface area (Å²) in [6, 6.07) is 6.84. The van der Waals surface area contributed by atoms with E-state index >= 15 is 0 Å². The molecule has 0 spiro atoms. The van der Waals surface area contributed by atoms with Crippen LogP contribution in [-0.2, 0) is 10.3 Å². The molecule has 5 nitrogen and oxygen atoms in total. The van der Waals surface area contributed by atoms with E-state index in [9.17, 15) is 8.42 Å². The standard InChI is InChI=1S/C10H16N2O3S.Na.H/c1-3-12(4-2)10-7-5-9(6-8-10)11-16(13,14)15;;/h5-8,11H,3-4H2,1-2H3,(H,13,14,15);;. The van der Waals surface area contributed by atoms with Crippen molar-refractivity contribution in [2.75, 3.05) is 22.7 Å². The van der Waals surface area contributed by atoms with Gasteiger partial charge in [0.2, 0.25) is 0 Å². The molecule has 1 rings (SSSR count). The van der Waals surface area contributed by atoms with Crippen molar-refractivity contribution < 1.29 is 13.0 Å². The van der Waals surface area contributed by atoms with Crippen LogP contribution in [0.2, 0.25) is 0 Å². The molecule has 17 heavy (non-hydrogen) atoms. The van der Waals surface area contributed by atoms with E-state index in [0.29, 0.717) is 5.69 Å².